The lowest BCUT2D eigenvalue weighted by Crippen LogP contribution is -2.35. The number of nitriles is 1. The molecule has 1 atom stereocenters. The van der Waals surface area contributed by atoms with Crippen molar-refractivity contribution in [3.63, 3.8) is 0 Å². The van der Waals surface area contributed by atoms with Crippen LogP contribution in [0.5, 0.6) is 11.5 Å². The number of aromatic nitrogens is 3. The summed E-state index contributed by atoms with van der Waals surface area (Å²) in [6.07, 6.45) is -2.26. The molecule has 0 aliphatic heterocycles. The van der Waals surface area contributed by atoms with Crippen molar-refractivity contribution in [3.05, 3.63) is 84.2 Å². The van der Waals surface area contributed by atoms with Crippen molar-refractivity contribution in [1.82, 2.24) is 14.9 Å². The van der Waals surface area contributed by atoms with Gasteiger partial charge in [0.2, 0.25) is 4.34 Å². The highest BCUT2D eigenvalue weighted by atomic mass is 32.2. The van der Waals surface area contributed by atoms with Crippen LogP contribution < -0.4 is 18.5 Å². The zero-order chi connectivity index (χ0) is 29.7. The molecule has 0 aliphatic rings. The average Bonchev–Trinajstić information content (AvgIpc) is 3.44. The molecule has 2 heterocycles. The molecule has 2 N–H and O–H groups in total. The topological polar surface area (TPSA) is 155 Å². The Morgan fingerprint density at radius 2 is 1.76 bits per heavy atom. The van der Waals surface area contributed by atoms with Gasteiger partial charge in [-0.25, -0.2) is 17.5 Å². The van der Waals surface area contributed by atoms with E-state index in [-0.39, 0.29) is 5.01 Å². The maximum Gasteiger partial charge on any atom is 0.417 e. The molecule has 2 aromatic carbocycles. The van der Waals surface area contributed by atoms with Crippen molar-refractivity contribution in [1.29, 1.82) is 5.26 Å². The number of hydrogen-bond donors (Lipinski definition) is 2. The Morgan fingerprint density at radius 3 is 2.41 bits per heavy atom. The highest BCUT2D eigenvalue weighted by Crippen LogP contribution is 2.43. The molecule has 0 radical (unpaired) electrons. The van der Waals surface area contributed by atoms with Gasteiger partial charge in [-0.05, 0) is 42.5 Å². The third kappa shape index (κ3) is 8.09. The molecule has 1 unspecified atom stereocenters. The summed E-state index contributed by atoms with van der Waals surface area (Å²) < 4.78 is 90.9. The lowest BCUT2D eigenvalue weighted by Gasteiger charge is -2.15. The van der Waals surface area contributed by atoms with E-state index in [2.05, 4.69) is 10.2 Å². The molecule has 17 heteroatoms. The molecular formula is C24H20F3N5O6PS2+. The zero-order valence-corrected chi connectivity index (χ0v) is 23.3. The second-order valence-electron chi connectivity index (χ2n) is 8.21. The first-order valence-electron chi connectivity index (χ1n) is 11.5. The van der Waals surface area contributed by atoms with Gasteiger partial charge in [0.25, 0.3) is 10.0 Å². The largest absolute Gasteiger partial charge is 0.487 e. The van der Waals surface area contributed by atoms with E-state index in [1.807, 2.05) is 39.9 Å². The number of ether oxygens (including phenoxy) is 1. The molecule has 0 bridgehead atoms. The minimum Gasteiger partial charge on any atom is -0.487 e. The summed E-state index contributed by atoms with van der Waals surface area (Å²) in [5, 5.41) is 16.6. The van der Waals surface area contributed by atoms with Crippen LogP contribution in [0, 0.1) is 11.3 Å². The summed E-state index contributed by atoms with van der Waals surface area (Å²) in [5.41, 5.74) is -1.54. The Labute approximate surface area is 236 Å². The van der Waals surface area contributed by atoms with Crippen LogP contribution >= 0.6 is 18.9 Å². The number of nitrogens with zero attached hydrogens (tertiary/aromatic N) is 4. The molecule has 4 rings (SSSR count). The van der Waals surface area contributed by atoms with Gasteiger partial charge in [0.05, 0.1) is 17.2 Å². The zero-order valence-electron chi connectivity index (χ0n) is 20.7. The SMILES string of the molecule is N#Cc1ccc(OP(=O)(O)CNS(=O)(=O)c2nnc(-c3ccc(OCC[n+]4ccccc4)cc3)s2)cc1C(F)(F)F. The predicted octanol–water partition coefficient (Wildman–Crippen LogP) is 3.96. The van der Waals surface area contributed by atoms with E-state index in [9.17, 15) is 31.0 Å². The number of rotatable bonds is 11. The third-order valence-corrected chi connectivity index (χ3v) is 9.26. The molecule has 214 valence electrons. The Bertz CT molecular complexity index is 1710. The molecule has 0 fully saturated rings. The number of halogens is 3. The normalized spacial score (nSPS) is 13.2. The number of sulfonamides is 1. The third-order valence-electron chi connectivity index (χ3n) is 5.25. The molecule has 11 nitrogen and oxygen atoms in total. The molecule has 41 heavy (non-hydrogen) atoms. The van der Waals surface area contributed by atoms with E-state index >= 15 is 0 Å². The first-order chi connectivity index (χ1) is 19.4. The van der Waals surface area contributed by atoms with Gasteiger partial charge >= 0.3 is 13.8 Å². The number of pyridine rings is 1. The maximum atomic E-state index is 13.1. The van der Waals surface area contributed by atoms with E-state index in [0.29, 0.717) is 41.9 Å². The van der Waals surface area contributed by atoms with Crippen molar-refractivity contribution in [2.75, 3.05) is 12.9 Å². The van der Waals surface area contributed by atoms with Crippen LogP contribution in [0.1, 0.15) is 11.1 Å². The van der Waals surface area contributed by atoms with Crippen LogP contribution in [0.15, 0.2) is 77.4 Å². The van der Waals surface area contributed by atoms with E-state index in [0.717, 1.165) is 12.1 Å². The van der Waals surface area contributed by atoms with Gasteiger partial charge in [-0.15, -0.1) is 10.2 Å². The van der Waals surface area contributed by atoms with Crippen LogP contribution in [0.25, 0.3) is 10.6 Å². The second-order valence-corrected chi connectivity index (χ2v) is 12.9. The summed E-state index contributed by atoms with van der Waals surface area (Å²) in [4.78, 5) is 10.0. The summed E-state index contributed by atoms with van der Waals surface area (Å²) >= 11 is 0.693. The van der Waals surface area contributed by atoms with Crippen LogP contribution in [-0.2, 0) is 27.3 Å². The molecule has 2 aromatic heterocycles. The Hall–Kier alpha value is -3.87. The quantitative estimate of drug-likeness (QED) is 0.186. The summed E-state index contributed by atoms with van der Waals surface area (Å²) in [6.45, 7) is 1.06. The van der Waals surface area contributed by atoms with Gasteiger partial charge < -0.3 is 14.2 Å². The van der Waals surface area contributed by atoms with E-state index in [1.165, 1.54) is 6.07 Å². The maximum absolute atomic E-state index is 13.1. The monoisotopic (exact) mass is 626 g/mol. The molecule has 0 saturated heterocycles. The van der Waals surface area contributed by atoms with Crippen molar-refractivity contribution < 1.29 is 44.9 Å². The lowest BCUT2D eigenvalue weighted by molar-refractivity contribution is -0.697. The fourth-order valence-electron chi connectivity index (χ4n) is 3.32. The minimum absolute atomic E-state index is 0.248. The van der Waals surface area contributed by atoms with Crippen LogP contribution in [0.4, 0.5) is 13.2 Å². The summed E-state index contributed by atoms with van der Waals surface area (Å²) in [5.74, 6) is -0.0848. The predicted molar refractivity (Wildman–Crippen MR) is 139 cm³/mol. The van der Waals surface area contributed by atoms with Crippen LogP contribution in [0.3, 0.4) is 0 Å². The highest BCUT2D eigenvalue weighted by molar-refractivity contribution is 7.91. The summed E-state index contributed by atoms with van der Waals surface area (Å²) in [7, 11) is -9.24. The van der Waals surface area contributed by atoms with Gasteiger partial charge in [-0.3, -0.25) is 0 Å². The standard InChI is InChI=1S/C24H19F3N5O6PS2/c25-24(26,27)21-14-20(9-6-18(21)15-28)38-39(33,34)16-29-41(35,36)23-31-30-22(40-23)17-4-7-19(8-5-17)37-13-12-32-10-2-1-3-11-32/h1-11,14,29H,12-13,16H2/p+1. The Kier molecular flexibility index (Phi) is 9.05. The molecule has 0 spiro atoms. The van der Waals surface area contributed by atoms with Gasteiger partial charge in [0.1, 0.15) is 29.4 Å². The highest BCUT2D eigenvalue weighted by Gasteiger charge is 2.35. The van der Waals surface area contributed by atoms with Crippen molar-refractivity contribution in [2.45, 2.75) is 17.1 Å². The smallest absolute Gasteiger partial charge is 0.417 e. The average molecular weight is 627 g/mol. The number of nitrogens with one attached hydrogen (secondary N) is 1. The van der Waals surface area contributed by atoms with E-state index in [1.54, 1.807) is 24.3 Å². The Morgan fingerprint density at radius 1 is 1.07 bits per heavy atom. The number of hydrogen-bond acceptors (Lipinski definition) is 9. The molecule has 0 saturated carbocycles. The lowest BCUT2D eigenvalue weighted by atomic mass is 10.1. The first kappa shape index (κ1) is 30.1. The van der Waals surface area contributed by atoms with Crippen LogP contribution in [-0.4, -0.2) is 36.4 Å². The molecular weight excluding hydrogens is 606 g/mol. The van der Waals surface area contributed by atoms with Crippen LogP contribution in [0.2, 0.25) is 0 Å². The minimum atomic E-state index is -4.92. The molecule has 4 aromatic rings. The van der Waals surface area contributed by atoms with E-state index in [4.69, 9.17) is 14.5 Å². The second kappa shape index (κ2) is 12.3. The van der Waals surface area contributed by atoms with Gasteiger partial charge in [0.15, 0.2) is 18.9 Å². The fraction of sp³-hybridized carbons (Fsp3) is 0.167. The molecule has 0 amide bonds. The Balaban J connectivity index is 1.36. The fourth-order valence-corrected chi connectivity index (χ4v) is 6.87. The van der Waals surface area contributed by atoms with E-state index < -0.39 is 51.3 Å². The number of alkyl halides is 3. The van der Waals surface area contributed by atoms with Crippen molar-refractivity contribution in [3.8, 4) is 28.1 Å². The summed E-state index contributed by atoms with van der Waals surface area (Å²) in [6, 6.07) is 15.8. The van der Waals surface area contributed by atoms with Crippen molar-refractivity contribution in [2.24, 2.45) is 0 Å². The van der Waals surface area contributed by atoms with Gasteiger partial charge in [-0.2, -0.15) is 23.2 Å². The van der Waals surface area contributed by atoms with Gasteiger partial charge in [0, 0.05) is 17.7 Å². The molecule has 0 aliphatic carbocycles. The van der Waals surface area contributed by atoms with Gasteiger partial charge in [-0.1, -0.05) is 17.4 Å². The first-order valence-corrected chi connectivity index (χ1v) is 15.6. The van der Waals surface area contributed by atoms with Crippen molar-refractivity contribution >= 4 is 29.0 Å². The number of benzene rings is 2.